The van der Waals surface area contributed by atoms with Gasteiger partial charge in [0.2, 0.25) is 5.91 Å². The number of amides is 2. The van der Waals surface area contributed by atoms with Crippen molar-refractivity contribution < 1.29 is 18.4 Å². The molecule has 2 amide bonds. The van der Waals surface area contributed by atoms with E-state index in [1.54, 1.807) is 49.2 Å². The topological polar surface area (TPSA) is 95.4 Å². The number of aromatic amines is 1. The van der Waals surface area contributed by atoms with Crippen LogP contribution in [0.25, 0.3) is 27.5 Å². The van der Waals surface area contributed by atoms with Crippen molar-refractivity contribution in [3.63, 3.8) is 0 Å². The van der Waals surface area contributed by atoms with Gasteiger partial charge in [-0.1, -0.05) is 0 Å². The van der Waals surface area contributed by atoms with Crippen molar-refractivity contribution in [1.29, 1.82) is 0 Å². The van der Waals surface area contributed by atoms with Gasteiger partial charge in [-0.25, -0.2) is 13.3 Å². The van der Waals surface area contributed by atoms with Crippen molar-refractivity contribution in [3.05, 3.63) is 48.0 Å². The van der Waals surface area contributed by atoms with Gasteiger partial charge in [-0.3, -0.25) is 14.7 Å². The van der Waals surface area contributed by atoms with Gasteiger partial charge >= 0.3 is 0 Å². The van der Waals surface area contributed by atoms with Crippen molar-refractivity contribution in [3.8, 4) is 11.1 Å². The Balaban J connectivity index is 1.55. The van der Waals surface area contributed by atoms with E-state index in [9.17, 15) is 18.4 Å². The van der Waals surface area contributed by atoms with Crippen LogP contribution < -0.4 is 5.32 Å². The molecule has 1 aromatic carbocycles. The molecule has 4 aromatic rings. The molecule has 2 atom stereocenters. The molecule has 1 aliphatic rings. The summed E-state index contributed by atoms with van der Waals surface area (Å²) in [5.74, 6) is -1.80. The van der Waals surface area contributed by atoms with Gasteiger partial charge in [0, 0.05) is 31.7 Å². The molecule has 3 aromatic heterocycles. The average Bonchev–Trinajstić information content (AvgIpc) is 3.12. The third kappa shape index (κ3) is 3.20. The SMILES string of the molecule is CN(C)C(=O)c1c(F)cc(-c2ccn3nc(NC(=O)[C@@H]4C[C@@H]4F)cc3c2)c2cn[nH]c12. The Kier molecular flexibility index (Phi) is 4.24. The number of carbonyl (C=O) groups excluding carboxylic acids is 2. The lowest BCUT2D eigenvalue weighted by Crippen LogP contribution is -2.23. The molecule has 1 aliphatic carbocycles. The van der Waals surface area contributed by atoms with Crippen molar-refractivity contribution in [2.45, 2.75) is 12.6 Å². The first kappa shape index (κ1) is 19.2. The lowest BCUT2D eigenvalue weighted by Gasteiger charge is -2.13. The molecule has 0 spiro atoms. The van der Waals surface area contributed by atoms with Gasteiger partial charge in [0.15, 0.2) is 5.82 Å². The van der Waals surface area contributed by atoms with Crippen LogP contribution in [0.5, 0.6) is 0 Å². The second-order valence-electron chi connectivity index (χ2n) is 7.80. The predicted molar refractivity (Wildman–Crippen MR) is 110 cm³/mol. The van der Waals surface area contributed by atoms with Gasteiger partial charge in [0.05, 0.1) is 23.1 Å². The average molecular weight is 424 g/mol. The first-order valence-corrected chi connectivity index (χ1v) is 9.65. The fraction of sp³-hybridized carbons (Fsp3) is 0.238. The number of alkyl halides is 1. The Bertz CT molecular complexity index is 1360. The lowest BCUT2D eigenvalue weighted by molar-refractivity contribution is -0.117. The third-order valence-electron chi connectivity index (χ3n) is 5.38. The monoisotopic (exact) mass is 424 g/mol. The van der Waals surface area contributed by atoms with E-state index in [0.717, 1.165) is 0 Å². The van der Waals surface area contributed by atoms with E-state index < -0.39 is 23.8 Å². The molecule has 158 valence electrons. The van der Waals surface area contributed by atoms with Crippen LogP contribution in [0.15, 0.2) is 36.7 Å². The molecule has 2 N–H and O–H groups in total. The number of fused-ring (bicyclic) bond motifs is 2. The van der Waals surface area contributed by atoms with Crippen molar-refractivity contribution in [2.24, 2.45) is 5.92 Å². The molecule has 0 radical (unpaired) electrons. The van der Waals surface area contributed by atoms with Gasteiger partial charge in [0.1, 0.15) is 17.6 Å². The first-order valence-electron chi connectivity index (χ1n) is 9.65. The Labute approximate surface area is 174 Å². The number of benzene rings is 1. The number of anilines is 1. The maximum atomic E-state index is 14.9. The van der Waals surface area contributed by atoms with Crippen LogP contribution in [-0.2, 0) is 4.79 Å². The van der Waals surface area contributed by atoms with Crippen LogP contribution in [0.1, 0.15) is 16.8 Å². The number of H-pyrrole nitrogens is 1. The summed E-state index contributed by atoms with van der Waals surface area (Å²) in [7, 11) is 3.11. The summed E-state index contributed by atoms with van der Waals surface area (Å²) in [6.45, 7) is 0. The molecule has 8 nitrogen and oxygen atoms in total. The minimum absolute atomic E-state index is 0.0667. The maximum absolute atomic E-state index is 14.9. The first-order chi connectivity index (χ1) is 14.8. The number of halogens is 2. The van der Waals surface area contributed by atoms with Gasteiger partial charge in [-0.2, -0.15) is 10.2 Å². The predicted octanol–water partition coefficient (Wildman–Crippen LogP) is 3.02. The van der Waals surface area contributed by atoms with Crippen LogP contribution in [0.2, 0.25) is 0 Å². The molecule has 3 heterocycles. The van der Waals surface area contributed by atoms with E-state index in [-0.39, 0.29) is 17.9 Å². The molecule has 0 aliphatic heterocycles. The molecule has 31 heavy (non-hydrogen) atoms. The summed E-state index contributed by atoms with van der Waals surface area (Å²) in [4.78, 5) is 25.7. The Morgan fingerprint density at radius 2 is 2.06 bits per heavy atom. The quantitative estimate of drug-likeness (QED) is 0.527. The fourth-order valence-electron chi connectivity index (χ4n) is 3.63. The van der Waals surface area contributed by atoms with Crippen molar-refractivity contribution in [1.82, 2.24) is 24.7 Å². The molecule has 0 unspecified atom stereocenters. The lowest BCUT2D eigenvalue weighted by atomic mass is 9.98. The molecular weight excluding hydrogens is 406 g/mol. The molecule has 10 heteroatoms. The van der Waals surface area contributed by atoms with Crippen LogP contribution in [-0.4, -0.2) is 56.8 Å². The summed E-state index contributed by atoms with van der Waals surface area (Å²) in [6.07, 6.45) is 2.38. The minimum Gasteiger partial charge on any atom is -0.345 e. The summed E-state index contributed by atoms with van der Waals surface area (Å²) in [5, 5.41) is 14.2. The van der Waals surface area contributed by atoms with Crippen LogP contribution >= 0.6 is 0 Å². The van der Waals surface area contributed by atoms with E-state index in [4.69, 9.17) is 0 Å². The molecule has 0 bridgehead atoms. The number of aromatic nitrogens is 4. The second-order valence-corrected chi connectivity index (χ2v) is 7.80. The van der Waals surface area contributed by atoms with Gasteiger partial charge < -0.3 is 10.2 Å². The number of hydrogen-bond acceptors (Lipinski definition) is 4. The number of carbonyl (C=O) groups is 2. The van der Waals surface area contributed by atoms with Gasteiger partial charge in [-0.15, -0.1) is 0 Å². The number of nitrogens with zero attached hydrogens (tertiary/aromatic N) is 4. The number of hydrogen-bond donors (Lipinski definition) is 2. The van der Waals surface area contributed by atoms with Gasteiger partial charge in [0.25, 0.3) is 5.91 Å². The highest BCUT2D eigenvalue weighted by Crippen LogP contribution is 2.35. The third-order valence-corrected chi connectivity index (χ3v) is 5.38. The molecule has 0 saturated heterocycles. The van der Waals surface area contributed by atoms with E-state index in [0.29, 0.717) is 33.4 Å². The summed E-state index contributed by atoms with van der Waals surface area (Å²) in [5.41, 5.74) is 2.16. The van der Waals surface area contributed by atoms with E-state index >= 15 is 0 Å². The summed E-state index contributed by atoms with van der Waals surface area (Å²) >= 11 is 0. The van der Waals surface area contributed by atoms with E-state index in [2.05, 4.69) is 20.6 Å². The smallest absolute Gasteiger partial charge is 0.258 e. The number of pyridine rings is 1. The van der Waals surface area contributed by atoms with Crippen molar-refractivity contribution >= 4 is 34.1 Å². The maximum Gasteiger partial charge on any atom is 0.258 e. The normalized spacial score (nSPS) is 17.8. The molecular formula is C21H18F2N6O2. The zero-order valence-electron chi connectivity index (χ0n) is 16.7. The zero-order chi connectivity index (χ0) is 21.9. The Morgan fingerprint density at radius 3 is 2.77 bits per heavy atom. The zero-order valence-corrected chi connectivity index (χ0v) is 16.7. The molecule has 1 saturated carbocycles. The van der Waals surface area contributed by atoms with E-state index in [1.807, 2.05) is 0 Å². The van der Waals surface area contributed by atoms with Gasteiger partial charge in [-0.05, 0) is 35.7 Å². The molecule has 5 rings (SSSR count). The Hall–Kier alpha value is -3.82. The van der Waals surface area contributed by atoms with Crippen molar-refractivity contribution in [2.75, 3.05) is 19.4 Å². The second kappa shape index (κ2) is 6.86. The summed E-state index contributed by atoms with van der Waals surface area (Å²) < 4.78 is 29.6. The largest absolute Gasteiger partial charge is 0.345 e. The standard InChI is InChI=1S/C21H18F2N6O2/c1-28(2)21(31)18-16(23)7-12(14-9-24-26-19(14)18)10-3-4-29-11(5-10)6-17(27-29)25-20(30)13-8-15(13)22/h3-7,9,13,15H,8H2,1-2H3,(H,24,26)(H,25,27,30)/t13-,15+/m1/s1. The minimum atomic E-state index is -1.08. The number of rotatable bonds is 4. The summed E-state index contributed by atoms with van der Waals surface area (Å²) in [6, 6.07) is 6.50. The highest BCUT2D eigenvalue weighted by molar-refractivity contribution is 6.09. The fourth-order valence-corrected chi connectivity index (χ4v) is 3.63. The highest BCUT2D eigenvalue weighted by atomic mass is 19.1. The van der Waals surface area contributed by atoms with Crippen LogP contribution in [0.3, 0.4) is 0 Å². The van der Waals surface area contributed by atoms with Crippen LogP contribution in [0, 0.1) is 11.7 Å². The number of nitrogens with one attached hydrogen (secondary N) is 2. The Morgan fingerprint density at radius 1 is 1.29 bits per heavy atom. The van der Waals surface area contributed by atoms with Crippen LogP contribution in [0.4, 0.5) is 14.6 Å². The molecule has 1 fully saturated rings. The highest BCUT2D eigenvalue weighted by Gasteiger charge is 2.43. The van der Waals surface area contributed by atoms with E-state index in [1.165, 1.54) is 11.0 Å².